The lowest BCUT2D eigenvalue weighted by Crippen LogP contribution is -2.46. The molecule has 1 aliphatic heterocycles. The van der Waals surface area contributed by atoms with Crippen LogP contribution in [0.3, 0.4) is 0 Å². The van der Waals surface area contributed by atoms with Crippen LogP contribution in [0.1, 0.15) is 11.1 Å². The number of carbonyl (C=O) groups is 1. The van der Waals surface area contributed by atoms with Crippen LogP contribution in [0.4, 0.5) is 16.2 Å². The fourth-order valence-corrected chi connectivity index (χ4v) is 5.02. The van der Waals surface area contributed by atoms with Crippen molar-refractivity contribution >= 4 is 52.4 Å². The number of halogens is 2. The molecule has 4 N–H and O–H groups in total. The highest BCUT2D eigenvalue weighted by Gasteiger charge is 2.34. The standard InChI is InChI=1S/C22H20Cl2N4OS/c23-16-8-2-1-6-15(16)13-26-21(29)27-22-28(18-10-3-4-11-19(18)30-22)20-14(12-25)7-5-9-17(20)24/h1-11,22H,12-13,25H2,(H2,26,27,29). The third-order valence-electron chi connectivity index (χ3n) is 4.78. The van der Waals surface area contributed by atoms with Gasteiger partial charge >= 0.3 is 6.03 Å². The number of hydrogen-bond donors (Lipinski definition) is 3. The monoisotopic (exact) mass is 458 g/mol. The molecule has 154 valence electrons. The molecule has 0 spiro atoms. The number of para-hydroxylation sites is 2. The number of nitrogens with zero attached hydrogens (tertiary/aromatic N) is 1. The van der Waals surface area contributed by atoms with E-state index < -0.39 is 0 Å². The van der Waals surface area contributed by atoms with Crippen molar-refractivity contribution in [2.75, 3.05) is 4.90 Å². The Bertz CT molecular complexity index is 1080. The second-order valence-electron chi connectivity index (χ2n) is 6.68. The van der Waals surface area contributed by atoms with E-state index in [9.17, 15) is 4.79 Å². The van der Waals surface area contributed by atoms with E-state index in [4.69, 9.17) is 28.9 Å². The Morgan fingerprint density at radius 3 is 2.47 bits per heavy atom. The molecule has 0 aromatic heterocycles. The lowest BCUT2D eigenvalue weighted by atomic mass is 10.1. The molecule has 1 unspecified atom stereocenters. The maximum atomic E-state index is 12.7. The van der Waals surface area contributed by atoms with Gasteiger partial charge in [-0.25, -0.2) is 4.79 Å². The van der Waals surface area contributed by atoms with Gasteiger partial charge in [0.15, 0.2) is 5.50 Å². The molecule has 1 aliphatic rings. The lowest BCUT2D eigenvalue weighted by molar-refractivity contribution is 0.240. The second kappa shape index (κ2) is 9.18. The van der Waals surface area contributed by atoms with E-state index >= 15 is 0 Å². The number of carbonyl (C=O) groups excluding carboxylic acids is 1. The number of thioether (sulfide) groups is 1. The third kappa shape index (κ3) is 4.23. The highest BCUT2D eigenvalue weighted by Crippen LogP contribution is 2.49. The van der Waals surface area contributed by atoms with Gasteiger partial charge in [-0.3, -0.25) is 0 Å². The van der Waals surface area contributed by atoms with Crippen LogP contribution >= 0.6 is 35.0 Å². The molecule has 30 heavy (non-hydrogen) atoms. The molecule has 3 aromatic carbocycles. The average Bonchev–Trinajstić information content (AvgIpc) is 3.10. The summed E-state index contributed by atoms with van der Waals surface area (Å²) in [5.74, 6) is 0. The van der Waals surface area contributed by atoms with Crippen molar-refractivity contribution in [2.45, 2.75) is 23.5 Å². The van der Waals surface area contributed by atoms with Crippen molar-refractivity contribution in [2.24, 2.45) is 5.73 Å². The van der Waals surface area contributed by atoms with Crippen molar-refractivity contribution in [3.8, 4) is 0 Å². The summed E-state index contributed by atoms with van der Waals surface area (Å²) in [5.41, 5.74) is 9.13. The van der Waals surface area contributed by atoms with Gasteiger partial charge in [0, 0.05) is 23.0 Å². The number of hydrogen-bond acceptors (Lipinski definition) is 4. The molecule has 1 heterocycles. The van der Waals surface area contributed by atoms with Crippen LogP contribution in [0.2, 0.25) is 10.0 Å². The Kier molecular flexibility index (Phi) is 6.39. The summed E-state index contributed by atoms with van der Waals surface area (Å²) in [6.45, 7) is 0.667. The van der Waals surface area contributed by atoms with Crippen LogP contribution in [-0.4, -0.2) is 11.5 Å². The Morgan fingerprint density at radius 2 is 1.67 bits per heavy atom. The first kappa shape index (κ1) is 20.9. The molecule has 2 amide bonds. The van der Waals surface area contributed by atoms with Crippen LogP contribution in [0.15, 0.2) is 71.6 Å². The molecule has 0 bridgehead atoms. The smallest absolute Gasteiger partial charge is 0.317 e. The predicted octanol–water partition coefficient (Wildman–Crippen LogP) is 5.48. The fraction of sp³-hybridized carbons (Fsp3) is 0.136. The molecule has 8 heteroatoms. The zero-order valence-corrected chi connectivity index (χ0v) is 18.3. The van der Waals surface area contributed by atoms with Gasteiger partial charge in [0.05, 0.1) is 16.4 Å². The van der Waals surface area contributed by atoms with Gasteiger partial charge in [-0.2, -0.15) is 0 Å². The van der Waals surface area contributed by atoms with E-state index in [2.05, 4.69) is 10.6 Å². The third-order valence-corrected chi connectivity index (χ3v) is 6.61. The van der Waals surface area contributed by atoms with Crippen molar-refractivity contribution in [3.63, 3.8) is 0 Å². The number of urea groups is 1. The van der Waals surface area contributed by atoms with E-state index in [-0.39, 0.29) is 11.5 Å². The summed E-state index contributed by atoms with van der Waals surface area (Å²) in [5, 5.41) is 7.11. The Hall–Kier alpha value is -2.38. The number of nitrogens with two attached hydrogens (primary N) is 1. The first-order valence-electron chi connectivity index (χ1n) is 9.38. The molecule has 0 saturated heterocycles. The topological polar surface area (TPSA) is 70.4 Å². The lowest BCUT2D eigenvalue weighted by Gasteiger charge is -2.30. The number of anilines is 2. The summed E-state index contributed by atoms with van der Waals surface area (Å²) < 4.78 is 0. The normalized spacial score (nSPS) is 15.0. The zero-order chi connectivity index (χ0) is 21.1. The van der Waals surface area contributed by atoms with Gasteiger partial charge in [-0.1, -0.05) is 77.4 Å². The molecule has 5 nitrogen and oxygen atoms in total. The Balaban J connectivity index is 1.58. The van der Waals surface area contributed by atoms with E-state index in [1.807, 2.05) is 65.6 Å². The van der Waals surface area contributed by atoms with Gasteiger partial charge in [-0.05, 0) is 35.4 Å². The number of fused-ring (bicyclic) bond motifs is 1. The maximum absolute atomic E-state index is 12.7. The van der Waals surface area contributed by atoms with Gasteiger partial charge in [0.2, 0.25) is 0 Å². The minimum absolute atomic E-state index is 0.299. The quantitative estimate of drug-likeness (QED) is 0.473. The first-order chi connectivity index (χ1) is 14.6. The number of amides is 2. The van der Waals surface area contributed by atoms with Gasteiger partial charge in [0.25, 0.3) is 0 Å². The highest BCUT2D eigenvalue weighted by atomic mass is 35.5. The van der Waals surface area contributed by atoms with Crippen molar-refractivity contribution in [3.05, 3.63) is 87.9 Å². The second-order valence-corrected chi connectivity index (χ2v) is 8.61. The average molecular weight is 459 g/mol. The molecule has 3 aromatic rings. The number of rotatable bonds is 5. The molecule has 0 fully saturated rings. The van der Waals surface area contributed by atoms with Crippen LogP contribution < -0.4 is 21.3 Å². The predicted molar refractivity (Wildman–Crippen MR) is 124 cm³/mol. The van der Waals surface area contributed by atoms with Crippen LogP contribution in [0, 0.1) is 0 Å². The van der Waals surface area contributed by atoms with E-state index in [0.717, 1.165) is 27.4 Å². The van der Waals surface area contributed by atoms with Crippen molar-refractivity contribution < 1.29 is 4.79 Å². The van der Waals surface area contributed by atoms with Crippen LogP contribution in [0.25, 0.3) is 0 Å². The Morgan fingerprint density at radius 1 is 0.967 bits per heavy atom. The summed E-state index contributed by atoms with van der Waals surface area (Å²) in [6, 6.07) is 20.7. The summed E-state index contributed by atoms with van der Waals surface area (Å²) in [6.07, 6.45) is 0. The SMILES string of the molecule is NCc1cccc(Cl)c1N1c2ccccc2SC1NC(=O)NCc1ccccc1Cl. The van der Waals surface area contributed by atoms with Crippen LogP contribution in [0.5, 0.6) is 0 Å². The summed E-state index contributed by atoms with van der Waals surface area (Å²) in [7, 11) is 0. The highest BCUT2D eigenvalue weighted by molar-refractivity contribution is 8.00. The van der Waals surface area contributed by atoms with Gasteiger partial charge < -0.3 is 21.3 Å². The van der Waals surface area contributed by atoms with E-state index in [1.54, 1.807) is 17.8 Å². The van der Waals surface area contributed by atoms with Crippen molar-refractivity contribution in [1.82, 2.24) is 10.6 Å². The number of nitrogens with one attached hydrogen (secondary N) is 2. The summed E-state index contributed by atoms with van der Waals surface area (Å²) >= 11 is 14.3. The maximum Gasteiger partial charge on any atom is 0.317 e. The fourth-order valence-electron chi connectivity index (χ4n) is 3.36. The zero-order valence-electron chi connectivity index (χ0n) is 15.9. The molecule has 0 aliphatic carbocycles. The molecule has 4 rings (SSSR count). The molecular weight excluding hydrogens is 439 g/mol. The molecular formula is C22H20Cl2N4OS. The van der Waals surface area contributed by atoms with Crippen molar-refractivity contribution in [1.29, 1.82) is 0 Å². The minimum atomic E-state index is -0.376. The van der Waals surface area contributed by atoms with Gasteiger partial charge in [-0.15, -0.1) is 0 Å². The minimum Gasteiger partial charge on any atom is -0.334 e. The summed E-state index contributed by atoms with van der Waals surface area (Å²) in [4.78, 5) is 15.8. The largest absolute Gasteiger partial charge is 0.334 e. The first-order valence-corrected chi connectivity index (χ1v) is 11.0. The van der Waals surface area contributed by atoms with E-state index in [0.29, 0.717) is 23.1 Å². The number of benzene rings is 3. The van der Waals surface area contributed by atoms with Crippen LogP contribution in [-0.2, 0) is 13.1 Å². The molecule has 0 saturated carbocycles. The van der Waals surface area contributed by atoms with E-state index in [1.165, 1.54) is 0 Å². The molecule has 1 atom stereocenters. The van der Waals surface area contributed by atoms with Gasteiger partial charge in [0.1, 0.15) is 0 Å². The molecule has 0 radical (unpaired) electrons. The Labute approximate surface area is 189 Å².